The molecule has 1 amide bonds. The molecule has 4 aromatic rings. The predicted octanol–water partition coefficient (Wildman–Crippen LogP) is 4.45. The number of hydrogen-bond donors (Lipinski definition) is 1. The van der Waals surface area contributed by atoms with Crippen LogP contribution in [0.25, 0.3) is 16.9 Å². The molecule has 35 heavy (non-hydrogen) atoms. The largest absolute Gasteiger partial charge is 0.379 e. The van der Waals surface area contributed by atoms with E-state index >= 15 is 0 Å². The Kier molecular flexibility index (Phi) is 6.85. The van der Waals surface area contributed by atoms with Gasteiger partial charge in [0, 0.05) is 30.5 Å². The molecule has 0 aliphatic carbocycles. The van der Waals surface area contributed by atoms with Gasteiger partial charge in [-0.3, -0.25) is 4.79 Å². The zero-order valence-corrected chi connectivity index (χ0v) is 20.2. The van der Waals surface area contributed by atoms with Crippen molar-refractivity contribution < 1.29 is 13.7 Å². The summed E-state index contributed by atoms with van der Waals surface area (Å²) < 4.78 is 21.9. The second-order valence-electron chi connectivity index (χ2n) is 8.31. The van der Waals surface area contributed by atoms with Gasteiger partial charge in [-0.1, -0.05) is 54.1 Å². The van der Waals surface area contributed by atoms with Gasteiger partial charge in [-0.25, -0.2) is 13.2 Å². The van der Waals surface area contributed by atoms with Crippen LogP contribution in [0.4, 0.5) is 5.69 Å². The van der Waals surface area contributed by atoms with Crippen LogP contribution in [0.3, 0.4) is 0 Å². The molecule has 0 bridgehead atoms. The van der Waals surface area contributed by atoms with Crippen molar-refractivity contribution in [3.63, 3.8) is 0 Å². The van der Waals surface area contributed by atoms with E-state index in [4.69, 9.17) is 9.84 Å². The van der Waals surface area contributed by atoms with Crippen molar-refractivity contribution in [2.45, 2.75) is 11.8 Å². The second-order valence-corrected chi connectivity index (χ2v) is 9.80. The summed E-state index contributed by atoms with van der Waals surface area (Å²) in [5, 5.41) is 7.71. The van der Waals surface area contributed by atoms with E-state index in [2.05, 4.69) is 5.32 Å². The van der Waals surface area contributed by atoms with Crippen LogP contribution < -0.4 is 5.32 Å². The predicted molar refractivity (Wildman–Crippen MR) is 137 cm³/mol. The SMILES string of the molecule is Cc1ccc(-c2nn(-c3ccccc3)cc2C(=O)Nc2cccc(S(=O)N3CCOCC3)c2)cc1. The van der Waals surface area contributed by atoms with E-state index in [1.54, 1.807) is 29.1 Å². The number of nitrogens with zero attached hydrogens (tertiary/aromatic N) is 3. The lowest BCUT2D eigenvalue weighted by Gasteiger charge is -2.25. The first-order valence-corrected chi connectivity index (χ1v) is 12.6. The van der Waals surface area contributed by atoms with Gasteiger partial charge in [0.25, 0.3) is 5.91 Å². The number of carbonyl (C=O) groups is 1. The summed E-state index contributed by atoms with van der Waals surface area (Å²) in [7, 11) is -1.31. The molecule has 1 aliphatic rings. The third kappa shape index (κ3) is 5.24. The first-order chi connectivity index (χ1) is 17.1. The van der Waals surface area contributed by atoms with Crippen molar-refractivity contribution in [3.05, 3.63) is 96.2 Å². The van der Waals surface area contributed by atoms with Crippen LogP contribution in [0.1, 0.15) is 15.9 Å². The molecular formula is C27H26N4O3S. The molecule has 1 aromatic heterocycles. The lowest BCUT2D eigenvalue weighted by atomic mass is 10.1. The summed E-state index contributed by atoms with van der Waals surface area (Å²) in [6.07, 6.45) is 1.75. The average Bonchev–Trinajstić information content (AvgIpc) is 3.36. The summed E-state index contributed by atoms with van der Waals surface area (Å²) in [6.45, 7) is 4.38. The highest BCUT2D eigenvalue weighted by molar-refractivity contribution is 7.82. The minimum atomic E-state index is -1.31. The maximum Gasteiger partial charge on any atom is 0.259 e. The van der Waals surface area contributed by atoms with Crippen molar-refractivity contribution in [3.8, 4) is 16.9 Å². The first-order valence-electron chi connectivity index (χ1n) is 11.5. The minimum absolute atomic E-state index is 0.280. The smallest absolute Gasteiger partial charge is 0.259 e. The van der Waals surface area contributed by atoms with E-state index in [9.17, 15) is 9.00 Å². The number of morpholine rings is 1. The molecular weight excluding hydrogens is 460 g/mol. The Hall–Kier alpha value is -3.59. The maximum absolute atomic E-state index is 13.4. The summed E-state index contributed by atoms with van der Waals surface area (Å²) in [4.78, 5) is 14.1. The quantitative estimate of drug-likeness (QED) is 0.437. The van der Waals surface area contributed by atoms with Crippen LogP contribution in [-0.4, -0.2) is 50.5 Å². The number of para-hydroxylation sites is 1. The van der Waals surface area contributed by atoms with Gasteiger partial charge in [-0.15, -0.1) is 0 Å². The molecule has 3 aromatic carbocycles. The van der Waals surface area contributed by atoms with Crippen molar-refractivity contribution in [2.24, 2.45) is 0 Å². The lowest BCUT2D eigenvalue weighted by Crippen LogP contribution is -2.37. The lowest BCUT2D eigenvalue weighted by molar-refractivity contribution is 0.0752. The van der Waals surface area contributed by atoms with Crippen LogP contribution >= 0.6 is 0 Å². The van der Waals surface area contributed by atoms with E-state index in [0.717, 1.165) is 16.8 Å². The number of aromatic nitrogens is 2. The molecule has 2 heterocycles. The van der Waals surface area contributed by atoms with Crippen LogP contribution in [0.15, 0.2) is 90.0 Å². The van der Waals surface area contributed by atoms with E-state index in [1.165, 1.54) is 0 Å². The first kappa shape index (κ1) is 23.2. The van der Waals surface area contributed by atoms with Gasteiger partial charge in [-0.2, -0.15) is 5.10 Å². The molecule has 8 heteroatoms. The summed E-state index contributed by atoms with van der Waals surface area (Å²) in [5.41, 5.74) is 4.49. The second kappa shape index (κ2) is 10.4. The van der Waals surface area contributed by atoms with Gasteiger partial charge in [0.05, 0.1) is 29.4 Å². The number of amides is 1. The zero-order chi connectivity index (χ0) is 24.2. The highest BCUT2D eigenvalue weighted by Gasteiger charge is 2.21. The Morgan fingerprint density at radius 3 is 2.46 bits per heavy atom. The molecule has 1 fully saturated rings. The van der Waals surface area contributed by atoms with Gasteiger partial charge < -0.3 is 10.1 Å². The van der Waals surface area contributed by atoms with Crippen molar-refractivity contribution >= 4 is 22.6 Å². The van der Waals surface area contributed by atoms with Crippen molar-refractivity contribution in [2.75, 3.05) is 31.6 Å². The monoisotopic (exact) mass is 486 g/mol. The Morgan fingerprint density at radius 2 is 1.71 bits per heavy atom. The van der Waals surface area contributed by atoms with Gasteiger partial charge in [-0.05, 0) is 37.3 Å². The normalized spacial score (nSPS) is 15.0. The Labute approximate surface area is 206 Å². The van der Waals surface area contributed by atoms with E-state index < -0.39 is 11.0 Å². The third-order valence-corrected chi connectivity index (χ3v) is 7.29. The molecule has 1 atom stereocenters. The number of ether oxygens (including phenoxy) is 1. The Bertz CT molecular complexity index is 1350. The van der Waals surface area contributed by atoms with Crippen molar-refractivity contribution in [1.29, 1.82) is 0 Å². The molecule has 7 nitrogen and oxygen atoms in total. The van der Waals surface area contributed by atoms with Crippen LogP contribution in [0.5, 0.6) is 0 Å². The molecule has 1 unspecified atom stereocenters. The molecule has 178 valence electrons. The minimum Gasteiger partial charge on any atom is -0.379 e. The van der Waals surface area contributed by atoms with Crippen LogP contribution in [0.2, 0.25) is 0 Å². The maximum atomic E-state index is 13.4. The van der Waals surface area contributed by atoms with Gasteiger partial charge in [0.2, 0.25) is 0 Å². The number of benzene rings is 3. The fourth-order valence-electron chi connectivity index (χ4n) is 3.92. The number of aryl methyl sites for hydroxylation is 1. The van der Waals surface area contributed by atoms with Gasteiger partial charge >= 0.3 is 0 Å². The summed E-state index contributed by atoms with van der Waals surface area (Å²) >= 11 is 0. The van der Waals surface area contributed by atoms with Gasteiger partial charge in [0.15, 0.2) is 0 Å². The number of nitrogens with one attached hydrogen (secondary N) is 1. The number of anilines is 1. The van der Waals surface area contributed by atoms with Gasteiger partial charge in [0.1, 0.15) is 16.7 Å². The highest BCUT2D eigenvalue weighted by Crippen LogP contribution is 2.26. The number of carbonyl (C=O) groups excluding carboxylic acids is 1. The number of hydrogen-bond acceptors (Lipinski definition) is 4. The fraction of sp³-hybridized carbons (Fsp3) is 0.185. The Balaban J connectivity index is 1.44. The van der Waals surface area contributed by atoms with E-state index in [-0.39, 0.29) is 5.91 Å². The van der Waals surface area contributed by atoms with E-state index in [0.29, 0.717) is 48.1 Å². The third-order valence-electron chi connectivity index (χ3n) is 5.80. The topological polar surface area (TPSA) is 76.5 Å². The zero-order valence-electron chi connectivity index (χ0n) is 19.4. The van der Waals surface area contributed by atoms with Crippen LogP contribution in [0, 0.1) is 6.92 Å². The molecule has 1 saturated heterocycles. The highest BCUT2D eigenvalue weighted by atomic mass is 32.2. The summed E-state index contributed by atoms with van der Waals surface area (Å²) in [6, 6.07) is 24.8. The van der Waals surface area contributed by atoms with Crippen LogP contribution in [-0.2, 0) is 15.7 Å². The number of rotatable bonds is 6. The molecule has 1 N–H and O–H groups in total. The Morgan fingerprint density at radius 1 is 0.971 bits per heavy atom. The fourth-order valence-corrected chi connectivity index (χ4v) is 5.12. The molecule has 5 rings (SSSR count). The standard InChI is InChI=1S/C27H26N4O3S/c1-20-10-12-21(13-11-20)26-25(19-31(29-26)23-7-3-2-4-8-23)27(32)28-22-6-5-9-24(18-22)35(33)30-14-16-34-17-15-30/h2-13,18-19H,14-17H2,1H3,(H,28,32). The molecule has 1 aliphatic heterocycles. The van der Waals surface area contributed by atoms with Crippen molar-refractivity contribution in [1.82, 2.24) is 14.1 Å². The molecule has 0 saturated carbocycles. The molecule has 0 spiro atoms. The average molecular weight is 487 g/mol. The summed E-state index contributed by atoms with van der Waals surface area (Å²) in [5.74, 6) is -0.280. The molecule has 0 radical (unpaired) electrons. The van der Waals surface area contributed by atoms with E-state index in [1.807, 2.05) is 71.9 Å².